The monoisotopic (exact) mass is 237 g/mol. The third-order valence-corrected chi connectivity index (χ3v) is 2.09. The molecule has 0 fully saturated rings. The van der Waals surface area contributed by atoms with E-state index < -0.39 is 29.0 Å². The Morgan fingerprint density at radius 2 is 2.06 bits per heavy atom. The van der Waals surface area contributed by atoms with E-state index in [2.05, 4.69) is 9.72 Å². The molecule has 0 spiro atoms. The zero-order chi connectivity index (χ0) is 12.5. The Labute approximate surface area is 88.7 Å². The normalized spacial score (nSPS) is 13.8. The number of aromatic amines is 1. The summed E-state index contributed by atoms with van der Waals surface area (Å²) in [6, 6.07) is 0. The lowest BCUT2D eigenvalue weighted by Gasteiger charge is -2.18. The Balaban J connectivity index is 3.33. The fourth-order valence-corrected chi connectivity index (χ4v) is 1.26. The minimum atomic E-state index is -4.70. The molecule has 1 rings (SSSR count). The van der Waals surface area contributed by atoms with Gasteiger partial charge in [0.2, 0.25) is 5.43 Å². The third-order valence-electron chi connectivity index (χ3n) is 2.09. The van der Waals surface area contributed by atoms with Crippen molar-refractivity contribution in [1.82, 2.24) is 4.98 Å². The summed E-state index contributed by atoms with van der Waals surface area (Å²) in [6.07, 6.45) is -6.16. The summed E-state index contributed by atoms with van der Waals surface area (Å²) in [5.41, 5.74) is -1.65. The molecule has 1 aromatic rings. The van der Waals surface area contributed by atoms with Crippen LogP contribution in [0.4, 0.5) is 13.2 Å². The Morgan fingerprint density at radius 3 is 2.50 bits per heavy atom. The maximum Gasteiger partial charge on any atom is 0.419 e. The first-order valence-corrected chi connectivity index (χ1v) is 4.29. The van der Waals surface area contributed by atoms with Crippen LogP contribution in [0.15, 0.2) is 11.0 Å². The van der Waals surface area contributed by atoms with Crippen molar-refractivity contribution < 1.29 is 23.0 Å². The van der Waals surface area contributed by atoms with Gasteiger partial charge < -0.3 is 14.8 Å². The SMILES string of the molecule is COC(c1c[nH]c(C)c(O)c1=O)C(F)(F)F. The Bertz CT molecular complexity index is 439. The highest BCUT2D eigenvalue weighted by Crippen LogP contribution is 2.34. The molecule has 0 radical (unpaired) electrons. The molecule has 0 aliphatic heterocycles. The second-order valence-corrected chi connectivity index (χ2v) is 3.20. The molecule has 0 bridgehead atoms. The predicted octanol–water partition coefficient (Wildman–Crippen LogP) is 1.64. The van der Waals surface area contributed by atoms with Gasteiger partial charge >= 0.3 is 6.18 Å². The maximum absolute atomic E-state index is 12.5. The number of alkyl halides is 3. The standard InChI is InChI=1S/C9H10F3NO3/c1-4-6(14)7(15)5(3-13-4)8(16-2)9(10,11)12/h3,8,14H,1-2H3,(H,13,15). The molecular formula is C9H10F3NO3. The van der Waals surface area contributed by atoms with Gasteiger partial charge in [0.05, 0.1) is 11.3 Å². The molecule has 1 unspecified atom stereocenters. The lowest BCUT2D eigenvalue weighted by molar-refractivity contribution is -0.216. The van der Waals surface area contributed by atoms with E-state index in [9.17, 15) is 23.1 Å². The number of nitrogens with one attached hydrogen (secondary N) is 1. The molecular weight excluding hydrogens is 227 g/mol. The molecule has 4 nitrogen and oxygen atoms in total. The van der Waals surface area contributed by atoms with Gasteiger partial charge in [0, 0.05) is 13.3 Å². The molecule has 1 atom stereocenters. The van der Waals surface area contributed by atoms with E-state index in [0.717, 1.165) is 13.3 Å². The number of aryl methyl sites for hydroxylation is 1. The van der Waals surface area contributed by atoms with Crippen LogP contribution in [0.2, 0.25) is 0 Å². The van der Waals surface area contributed by atoms with Gasteiger partial charge in [-0.05, 0) is 6.92 Å². The number of rotatable bonds is 2. The van der Waals surface area contributed by atoms with Crippen molar-refractivity contribution in [3.8, 4) is 5.75 Å². The number of pyridine rings is 1. The molecule has 16 heavy (non-hydrogen) atoms. The molecule has 7 heteroatoms. The van der Waals surface area contributed by atoms with Gasteiger partial charge in [-0.2, -0.15) is 13.2 Å². The van der Waals surface area contributed by atoms with Crippen molar-refractivity contribution in [3.63, 3.8) is 0 Å². The van der Waals surface area contributed by atoms with Gasteiger partial charge in [-0.15, -0.1) is 0 Å². The van der Waals surface area contributed by atoms with Crippen LogP contribution in [0.3, 0.4) is 0 Å². The zero-order valence-corrected chi connectivity index (χ0v) is 8.55. The smallest absolute Gasteiger partial charge is 0.419 e. The van der Waals surface area contributed by atoms with Crippen LogP contribution in [0.5, 0.6) is 5.75 Å². The van der Waals surface area contributed by atoms with E-state index in [-0.39, 0.29) is 5.69 Å². The topological polar surface area (TPSA) is 62.3 Å². The number of ether oxygens (including phenoxy) is 1. The minimum Gasteiger partial charge on any atom is -0.503 e. The number of hydrogen-bond donors (Lipinski definition) is 2. The summed E-state index contributed by atoms with van der Waals surface area (Å²) in [6.45, 7) is 1.37. The van der Waals surface area contributed by atoms with Crippen molar-refractivity contribution in [2.45, 2.75) is 19.2 Å². The van der Waals surface area contributed by atoms with Crippen LogP contribution in [0.25, 0.3) is 0 Å². The van der Waals surface area contributed by atoms with E-state index in [1.54, 1.807) is 0 Å². The van der Waals surface area contributed by atoms with Crippen molar-refractivity contribution in [3.05, 3.63) is 27.7 Å². The first-order valence-electron chi connectivity index (χ1n) is 4.29. The molecule has 2 N–H and O–H groups in total. The van der Waals surface area contributed by atoms with Gasteiger partial charge in [0.25, 0.3) is 0 Å². The second-order valence-electron chi connectivity index (χ2n) is 3.20. The third kappa shape index (κ3) is 2.19. The van der Waals surface area contributed by atoms with Gasteiger partial charge in [-0.25, -0.2) is 0 Å². The van der Waals surface area contributed by atoms with Crippen LogP contribution in [0.1, 0.15) is 17.4 Å². The second kappa shape index (κ2) is 4.17. The van der Waals surface area contributed by atoms with E-state index in [4.69, 9.17) is 0 Å². The number of methoxy groups -OCH3 is 1. The average Bonchev–Trinajstić information content (AvgIpc) is 2.17. The highest BCUT2D eigenvalue weighted by atomic mass is 19.4. The van der Waals surface area contributed by atoms with Crippen molar-refractivity contribution in [2.75, 3.05) is 7.11 Å². The quantitative estimate of drug-likeness (QED) is 0.821. The van der Waals surface area contributed by atoms with Crippen LogP contribution in [-0.2, 0) is 4.74 Å². The molecule has 0 amide bonds. The van der Waals surface area contributed by atoms with Crippen LogP contribution < -0.4 is 5.43 Å². The fraction of sp³-hybridized carbons (Fsp3) is 0.444. The molecule has 0 saturated carbocycles. The largest absolute Gasteiger partial charge is 0.503 e. The first kappa shape index (κ1) is 12.6. The van der Waals surface area contributed by atoms with Gasteiger partial charge in [-0.3, -0.25) is 4.79 Å². The number of hydrogen-bond acceptors (Lipinski definition) is 3. The van der Waals surface area contributed by atoms with E-state index in [1.807, 2.05) is 0 Å². The summed E-state index contributed by atoms with van der Waals surface area (Å²) in [5, 5.41) is 9.23. The summed E-state index contributed by atoms with van der Waals surface area (Å²) >= 11 is 0. The van der Waals surface area contributed by atoms with Gasteiger partial charge in [0.1, 0.15) is 0 Å². The molecule has 0 aliphatic rings. The highest BCUT2D eigenvalue weighted by Gasteiger charge is 2.43. The Kier molecular flexibility index (Phi) is 3.27. The summed E-state index contributed by atoms with van der Waals surface area (Å²) < 4.78 is 41.6. The highest BCUT2D eigenvalue weighted by molar-refractivity contribution is 5.31. The van der Waals surface area contributed by atoms with Crippen LogP contribution in [0, 0.1) is 6.92 Å². The van der Waals surface area contributed by atoms with Crippen LogP contribution >= 0.6 is 0 Å². The summed E-state index contributed by atoms with van der Waals surface area (Å²) in [7, 11) is 0.842. The first-order chi connectivity index (χ1) is 7.29. The molecule has 0 aromatic carbocycles. The molecule has 90 valence electrons. The van der Waals surface area contributed by atoms with Crippen LogP contribution in [-0.4, -0.2) is 23.4 Å². The van der Waals surface area contributed by atoms with E-state index >= 15 is 0 Å². The number of aromatic hydroxyl groups is 1. The molecule has 0 aliphatic carbocycles. The van der Waals surface area contributed by atoms with Gasteiger partial charge in [-0.1, -0.05) is 0 Å². The zero-order valence-electron chi connectivity index (χ0n) is 8.55. The van der Waals surface area contributed by atoms with Gasteiger partial charge in [0.15, 0.2) is 11.9 Å². The molecule has 1 aromatic heterocycles. The van der Waals surface area contributed by atoms with E-state index in [0.29, 0.717) is 0 Å². The van der Waals surface area contributed by atoms with E-state index in [1.165, 1.54) is 6.92 Å². The van der Waals surface area contributed by atoms with Crippen molar-refractivity contribution in [1.29, 1.82) is 0 Å². The number of H-pyrrole nitrogens is 1. The number of aromatic nitrogens is 1. The van der Waals surface area contributed by atoms with Crippen molar-refractivity contribution >= 4 is 0 Å². The lowest BCUT2D eigenvalue weighted by atomic mass is 10.1. The Morgan fingerprint density at radius 1 is 1.50 bits per heavy atom. The minimum absolute atomic E-state index is 0.103. The predicted molar refractivity (Wildman–Crippen MR) is 49.3 cm³/mol. The Hall–Kier alpha value is -1.50. The maximum atomic E-state index is 12.5. The lowest BCUT2D eigenvalue weighted by Crippen LogP contribution is -2.28. The summed E-state index contributed by atoms with van der Waals surface area (Å²) in [5.74, 6) is -0.733. The fourth-order valence-electron chi connectivity index (χ4n) is 1.26. The van der Waals surface area contributed by atoms with Crippen molar-refractivity contribution in [2.24, 2.45) is 0 Å². The summed E-state index contributed by atoms with van der Waals surface area (Å²) in [4.78, 5) is 13.8. The molecule has 1 heterocycles. The molecule has 0 saturated heterocycles. The number of halogens is 3. The average molecular weight is 237 g/mol.